The summed E-state index contributed by atoms with van der Waals surface area (Å²) >= 11 is 0. The van der Waals surface area contributed by atoms with Gasteiger partial charge in [0.2, 0.25) is 0 Å². The van der Waals surface area contributed by atoms with Crippen molar-refractivity contribution in [1.82, 2.24) is 5.32 Å². The quantitative estimate of drug-likeness (QED) is 0.322. The Kier molecular flexibility index (Phi) is 9.63. The van der Waals surface area contributed by atoms with E-state index in [1.54, 1.807) is 26.2 Å². The third-order valence-electron chi connectivity index (χ3n) is 3.89. The predicted molar refractivity (Wildman–Crippen MR) is 112 cm³/mol. The maximum Gasteiger partial charge on any atom is 0.412 e. The Bertz CT molecular complexity index is 866. The monoisotopic (exact) mass is 417 g/mol. The number of amides is 1. The summed E-state index contributed by atoms with van der Waals surface area (Å²) in [6, 6.07) is 11.0. The first-order valence-corrected chi connectivity index (χ1v) is 9.52. The van der Waals surface area contributed by atoms with Crippen molar-refractivity contribution in [3.8, 4) is 11.5 Å². The highest BCUT2D eigenvalue weighted by molar-refractivity contribution is 5.90. The number of fused-ring (bicyclic) bond motifs is 1. The molecule has 0 fully saturated rings. The van der Waals surface area contributed by atoms with Crippen LogP contribution in [0.1, 0.15) is 6.92 Å². The predicted octanol–water partition coefficient (Wildman–Crippen LogP) is 3.09. The Morgan fingerprint density at radius 2 is 1.87 bits per heavy atom. The highest BCUT2D eigenvalue weighted by atomic mass is 16.6. The Balaban J connectivity index is 1.73. The van der Waals surface area contributed by atoms with Crippen LogP contribution in [0.5, 0.6) is 11.5 Å². The standard InChI is InChI=1S/C22H27NO7/c1-16(2)21(24)29-14-12-27-10-9-23-22(25)30-18-7-8-19-17(15-18)5-4-6-20(19)28-13-11-26-3/h4-8,15H,1,9-14H2,2-3H3,(H,23,25). The molecule has 0 heterocycles. The van der Waals surface area contributed by atoms with Gasteiger partial charge in [0.15, 0.2) is 0 Å². The highest BCUT2D eigenvalue weighted by Crippen LogP contribution is 2.28. The second-order valence-electron chi connectivity index (χ2n) is 6.33. The first kappa shape index (κ1) is 23.2. The molecule has 0 aliphatic rings. The SMILES string of the molecule is C=C(C)C(=O)OCCOCCNC(=O)Oc1ccc2c(OCCOC)cccc2c1. The van der Waals surface area contributed by atoms with Crippen molar-refractivity contribution < 1.29 is 33.3 Å². The van der Waals surface area contributed by atoms with E-state index >= 15 is 0 Å². The molecular formula is C22H27NO7. The lowest BCUT2D eigenvalue weighted by atomic mass is 10.1. The zero-order valence-corrected chi connectivity index (χ0v) is 17.3. The second kappa shape index (κ2) is 12.5. The molecule has 2 rings (SSSR count). The molecule has 0 aliphatic carbocycles. The highest BCUT2D eigenvalue weighted by Gasteiger charge is 2.08. The van der Waals surface area contributed by atoms with E-state index in [0.717, 1.165) is 16.5 Å². The molecule has 8 heteroatoms. The third kappa shape index (κ3) is 7.73. The first-order chi connectivity index (χ1) is 14.5. The van der Waals surface area contributed by atoms with Crippen LogP contribution < -0.4 is 14.8 Å². The Morgan fingerprint density at radius 3 is 2.63 bits per heavy atom. The molecule has 1 N–H and O–H groups in total. The summed E-state index contributed by atoms with van der Waals surface area (Å²) in [7, 11) is 1.62. The fourth-order valence-electron chi connectivity index (χ4n) is 2.44. The van der Waals surface area contributed by atoms with Crippen molar-refractivity contribution in [1.29, 1.82) is 0 Å². The fraction of sp³-hybridized carbons (Fsp3) is 0.364. The molecule has 162 valence electrons. The van der Waals surface area contributed by atoms with Gasteiger partial charge in [-0.15, -0.1) is 0 Å². The van der Waals surface area contributed by atoms with Gasteiger partial charge in [-0.05, 0) is 36.6 Å². The summed E-state index contributed by atoms with van der Waals surface area (Å²) in [4.78, 5) is 23.1. The molecular weight excluding hydrogens is 390 g/mol. The minimum absolute atomic E-state index is 0.129. The summed E-state index contributed by atoms with van der Waals surface area (Å²) in [5.41, 5.74) is 0.336. The molecule has 0 aromatic heterocycles. The van der Waals surface area contributed by atoms with Crippen LogP contribution >= 0.6 is 0 Å². The van der Waals surface area contributed by atoms with Crippen LogP contribution in [-0.4, -0.2) is 58.8 Å². The zero-order chi connectivity index (χ0) is 21.8. The van der Waals surface area contributed by atoms with Crippen LogP contribution in [0.2, 0.25) is 0 Å². The van der Waals surface area contributed by atoms with E-state index in [1.165, 1.54) is 0 Å². The molecule has 1 amide bonds. The average molecular weight is 417 g/mol. The molecule has 0 radical (unpaired) electrons. The maximum absolute atomic E-state index is 11.9. The van der Waals surface area contributed by atoms with Crippen molar-refractivity contribution in [2.75, 3.05) is 46.7 Å². The van der Waals surface area contributed by atoms with Gasteiger partial charge < -0.3 is 29.0 Å². The van der Waals surface area contributed by atoms with E-state index in [4.69, 9.17) is 23.7 Å². The lowest BCUT2D eigenvalue weighted by Crippen LogP contribution is -2.30. The molecule has 0 unspecified atom stereocenters. The molecule has 30 heavy (non-hydrogen) atoms. The molecule has 2 aromatic carbocycles. The second-order valence-corrected chi connectivity index (χ2v) is 6.33. The minimum atomic E-state index is -0.584. The molecule has 0 bridgehead atoms. The van der Waals surface area contributed by atoms with E-state index in [9.17, 15) is 9.59 Å². The van der Waals surface area contributed by atoms with E-state index < -0.39 is 12.1 Å². The number of carbonyl (C=O) groups is 2. The van der Waals surface area contributed by atoms with Crippen molar-refractivity contribution in [3.63, 3.8) is 0 Å². The molecule has 0 spiro atoms. The summed E-state index contributed by atoms with van der Waals surface area (Å²) in [5.74, 6) is 0.706. The van der Waals surface area contributed by atoms with Crippen molar-refractivity contribution in [2.45, 2.75) is 6.92 Å². The van der Waals surface area contributed by atoms with Crippen molar-refractivity contribution in [2.24, 2.45) is 0 Å². The zero-order valence-electron chi connectivity index (χ0n) is 17.3. The van der Waals surface area contributed by atoms with E-state index in [2.05, 4.69) is 11.9 Å². The molecule has 0 saturated heterocycles. The number of hydrogen-bond acceptors (Lipinski definition) is 7. The van der Waals surface area contributed by atoms with Crippen LogP contribution in [0.3, 0.4) is 0 Å². The van der Waals surface area contributed by atoms with Crippen LogP contribution in [0, 0.1) is 0 Å². The molecule has 0 aliphatic heterocycles. The number of esters is 1. The first-order valence-electron chi connectivity index (χ1n) is 9.52. The minimum Gasteiger partial charge on any atom is -0.491 e. The van der Waals surface area contributed by atoms with Gasteiger partial charge in [-0.1, -0.05) is 18.7 Å². The Morgan fingerprint density at radius 1 is 1.03 bits per heavy atom. The van der Waals surface area contributed by atoms with Crippen LogP contribution in [0.15, 0.2) is 48.6 Å². The molecule has 0 saturated carbocycles. The summed E-state index contributed by atoms with van der Waals surface area (Å²) in [6.45, 7) is 6.90. The summed E-state index contributed by atoms with van der Waals surface area (Å²) in [5, 5.41) is 4.41. The molecule has 8 nitrogen and oxygen atoms in total. The van der Waals surface area contributed by atoms with Gasteiger partial charge in [0.25, 0.3) is 0 Å². The van der Waals surface area contributed by atoms with Crippen molar-refractivity contribution in [3.05, 3.63) is 48.6 Å². The maximum atomic E-state index is 11.9. The summed E-state index contributed by atoms with van der Waals surface area (Å²) < 4.78 is 26.2. The number of ether oxygens (including phenoxy) is 5. The topological polar surface area (TPSA) is 92.3 Å². The largest absolute Gasteiger partial charge is 0.491 e. The van der Waals surface area contributed by atoms with Crippen LogP contribution in [0.25, 0.3) is 10.8 Å². The van der Waals surface area contributed by atoms with Gasteiger partial charge in [0.1, 0.15) is 24.7 Å². The lowest BCUT2D eigenvalue weighted by Gasteiger charge is -2.11. The third-order valence-corrected chi connectivity index (χ3v) is 3.89. The number of hydrogen-bond donors (Lipinski definition) is 1. The normalized spacial score (nSPS) is 10.5. The number of nitrogens with one attached hydrogen (secondary N) is 1. The number of benzene rings is 2. The van der Waals surface area contributed by atoms with E-state index in [-0.39, 0.29) is 26.4 Å². The number of rotatable bonds is 12. The van der Waals surface area contributed by atoms with Gasteiger partial charge in [0.05, 0.1) is 19.8 Å². The Labute approximate surface area is 175 Å². The van der Waals surface area contributed by atoms with Crippen molar-refractivity contribution >= 4 is 22.8 Å². The molecule has 2 aromatic rings. The number of methoxy groups -OCH3 is 1. The van der Waals surface area contributed by atoms with Gasteiger partial charge in [0, 0.05) is 24.6 Å². The van der Waals surface area contributed by atoms with Gasteiger partial charge in [-0.25, -0.2) is 9.59 Å². The van der Waals surface area contributed by atoms with E-state index in [1.807, 2.05) is 24.3 Å². The van der Waals surface area contributed by atoms with E-state index in [0.29, 0.717) is 24.5 Å². The Hall–Kier alpha value is -3.10. The average Bonchev–Trinajstić information content (AvgIpc) is 2.73. The summed E-state index contributed by atoms with van der Waals surface area (Å²) in [6.07, 6.45) is -0.584. The molecule has 0 atom stereocenters. The number of carbonyl (C=O) groups excluding carboxylic acids is 2. The van der Waals surface area contributed by atoms with Crippen LogP contribution in [0.4, 0.5) is 4.79 Å². The van der Waals surface area contributed by atoms with Gasteiger partial charge in [-0.2, -0.15) is 0 Å². The van der Waals surface area contributed by atoms with Crippen LogP contribution in [-0.2, 0) is 19.0 Å². The lowest BCUT2D eigenvalue weighted by molar-refractivity contribution is -0.140. The smallest absolute Gasteiger partial charge is 0.412 e. The van der Waals surface area contributed by atoms with Gasteiger partial charge in [-0.3, -0.25) is 0 Å². The van der Waals surface area contributed by atoms with Gasteiger partial charge >= 0.3 is 12.1 Å². The fourth-order valence-corrected chi connectivity index (χ4v) is 2.44.